The smallest absolute Gasteiger partial charge is 0.225 e. The molecule has 0 fully saturated rings. The molecule has 0 aliphatic heterocycles. The van der Waals surface area contributed by atoms with E-state index in [-0.39, 0.29) is 11.3 Å². The highest BCUT2D eigenvalue weighted by Crippen LogP contribution is 2.39. The number of amides is 1. The van der Waals surface area contributed by atoms with Crippen LogP contribution in [-0.4, -0.2) is 12.5 Å². The molecule has 1 atom stereocenters. The van der Waals surface area contributed by atoms with Gasteiger partial charge in [0.15, 0.2) is 0 Å². The zero-order valence-corrected chi connectivity index (χ0v) is 19.3. The fourth-order valence-corrected chi connectivity index (χ4v) is 5.15. The summed E-state index contributed by atoms with van der Waals surface area (Å²) in [6.07, 6.45) is 5.16. The second kappa shape index (κ2) is 9.66. The average Bonchev–Trinajstić information content (AvgIpc) is 3.07. The molecule has 1 amide bonds. The zero-order valence-electron chi connectivity index (χ0n) is 18.5. The van der Waals surface area contributed by atoms with E-state index in [4.69, 9.17) is 4.74 Å². The number of ether oxygens (including phenoxy) is 1. The maximum Gasteiger partial charge on any atom is 0.225 e. The van der Waals surface area contributed by atoms with Crippen LogP contribution in [0.5, 0.6) is 5.75 Å². The maximum atomic E-state index is 12.4. The minimum absolute atomic E-state index is 0.0539. The Kier molecular flexibility index (Phi) is 7.20. The molecule has 0 spiro atoms. The lowest BCUT2D eigenvalue weighted by Gasteiger charge is -2.23. The Hall–Kier alpha value is -2.32. The van der Waals surface area contributed by atoms with Gasteiger partial charge in [-0.2, -0.15) is 5.26 Å². The van der Waals surface area contributed by atoms with Gasteiger partial charge in [0.25, 0.3) is 0 Å². The number of nitriles is 1. The monoisotopic (exact) mass is 424 g/mol. The van der Waals surface area contributed by atoms with Crippen molar-refractivity contribution in [2.24, 2.45) is 5.92 Å². The van der Waals surface area contributed by atoms with Gasteiger partial charge in [0.05, 0.1) is 12.2 Å². The van der Waals surface area contributed by atoms with Gasteiger partial charge in [-0.25, -0.2) is 0 Å². The van der Waals surface area contributed by atoms with E-state index >= 15 is 0 Å². The van der Waals surface area contributed by atoms with Crippen LogP contribution < -0.4 is 10.1 Å². The van der Waals surface area contributed by atoms with E-state index in [2.05, 4.69) is 51.2 Å². The van der Waals surface area contributed by atoms with Crippen LogP contribution in [0, 0.1) is 17.2 Å². The minimum Gasteiger partial charge on any atom is -0.494 e. The van der Waals surface area contributed by atoms with E-state index in [9.17, 15) is 10.1 Å². The Morgan fingerprint density at radius 3 is 2.73 bits per heavy atom. The summed E-state index contributed by atoms with van der Waals surface area (Å²) >= 11 is 1.57. The van der Waals surface area contributed by atoms with E-state index in [1.54, 1.807) is 11.3 Å². The lowest BCUT2D eigenvalue weighted by atomic mass is 9.82. The van der Waals surface area contributed by atoms with Crippen LogP contribution in [0.4, 0.5) is 5.00 Å². The van der Waals surface area contributed by atoms with Crippen molar-refractivity contribution in [3.8, 4) is 11.8 Å². The molecule has 1 N–H and O–H groups in total. The molecule has 0 saturated carbocycles. The summed E-state index contributed by atoms with van der Waals surface area (Å²) in [5.74, 6) is 1.42. The third-order valence-corrected chi connectivity index (χ3v) is 7.38. The molecule has 0 bridgehead atoms. The van der Waals surface area contributed by atoms with Gasteiger partial charge in [0.1, 0.15) is 16.8 Å². The lowest BCUT2D eigenvalue weighted by molar-refractivity contribution is -0.116. The first-order valence-corrected chi connectivity index (χ1v) is 11.7. The van der Waals surface area contributed by atoms with Crippen LogP contribution in [0.15, 0.2) is 24.3 Å². The Morgan fingerprint density at radius 1 is 1.33 bits per heavy atom. The molecule has 1 aromatic heterocycles. The topological polar surface area (TPSA) is 62.1 Å². The van der Waals surface area contributed by atoms with Crippen molar-refractivity contribution in [3.05, 3.63) is 45.8 Å². The molecule has 1 heterocycles. The van der Waals surface area contributed by atoms with Gasteiger partial charge >= 0.3 is 0 Å². The molecule has 1 unspecified atom stereocenters. The van der Waals surface area contributed by atoms with Crippen molar-refractivity contribution < 1.29 is 9.53 Å². The normalized spacial score (nSPS) is 15.9. The number of carbonyl (C=O) groups is 1. The molecular formula is C25H32N2O2S. The van der Waals surface area contributed by atoms with Gasteiger partial charge in [-0.3, -0.25) is 4.79 Å². The molecule has 0 saturated heterocycles. The number of nitrogens with zero attached hydrogens (tertiary/aromatic N) is 1. The Morgan fingerprint density at radius 2 is 2.07 bits per heavy atom. The first-order chi connectivity index (χ1) is 14.3. The molecule has 1 aliphatic rings. The third kappa shape index (κ3) is 5.23. The van der Waals surface area contributed by atoms with Crippen LogP contribution >= 0.6 is 11.3 Å². The number of thiophene rings is 1. The summed E-state index contributed by atoms with van der Waals surface area (Å²) in [7, 11) is 0. The molecular weight excluding hydrogens is 392 g/mol. The fourth-order valence-electron chi connectivity index (χ4n) is 3.78. The Labute approximate surface area is 184 Å². The Balaban J connectivity index is 1.47. The van der Waals surface area contributed by atoms with Crippen LogP contribution in [0.1, 0.15) is 74.9 Å². The van der Waals surface area contributed by atoms with Crippen molar-refractivity contribution in [2.75, 3.05) is 11.9 Å². The predicted molar refractivity (Wildman–Crippen MR) is 123 cm³/mol. The summed E-state index contributed by atoms with van der Waals surface area (Å²) in [4.78, 5) is 13.7. The summed E-state index contributed by atoms with van der Waals surface area (Å²) in [6, 6.07) is 10.5. The number of anilines is 1. The minimum atomic E-state index is -0.0539. The molecule has 4 nitrogen and oxygen atoms in total. The summed E-state index contributed by atoms with van der Waals surface area (Å²) < 4.78 is 5.80. The van der Waals surface area contributed by atoms with Crippen molar-refractivity contribution in [1.82, 2.24) is 0 Å². The molecule has 5 heteroatoms. The lowest BCUT2D eigenvalue weighted by Crippen LogP contribution is -2.15. The first kappa shape index (κ1) is 22.4. The van der Waals surface area contributed by atoms with E-state index in [1.165, 1.54) is 10.4 Å². The Bertz CT molecular complexity index is 922. The van der Waals surface area contributed by atoms with E-state index in [1.807, 2.05) is 12.1 Å². The number of benzene rings is 1. The first-order valence-electron chi connectivity index (χ1n) is 10.9. The molecule has 3 rings (SSSR count). The quantitative estimate of drug-likeness (QED) is 0.511. The van der Waals surface area contributed by atoms with Crippen LogP contribution in [0.25, 0.3) is 0 Å². The number of nitrogens with one attached hydrogen (secondary N) is 1. The SMILES string of the molecule is CCC(C)(C)c1ccc(OCCCC(=O)Nc2sc3c(c2C#N)CCC(C)C3)cc1. The fraction of sp³-hybridized carbons (Fsp3) is 0.520. The van der Waals surface area contributed by atoms with Crippen molar-refractivity contribution in [2.45, 2.75) is 71.6 Å². The van der Waals surface area contributed by atoms with Crippen molar-refractivity contribution >= 4 is 22.2 Å². The van der Waals surface area contributed by atoms with Gasteiger partial charge < -0.3 is 10.1 Å². The molecule has 1 aliphatic carbocycles. The standard InChI is InChI=1S/C25H32N2O2S/c1-5-25(3,4)18-9-11-19(12-10-18)29-14-6-7-23(28)27-24-21(16-26)20-13-8-17(2)15-22(20)30-24/h9-12,17H,5-8,13-15H2,1-4H3,(H,27,28). The molecule has 2 aromatic rings. The highest BCUT2D eigenvalue weighted by molar-refractivity contribution is 7.16. The molecule has 30 heavy (non-hydrogen) atoms. The highest BCUT2D eigenvalue weighted by Gasteiger charge is 2.24. The number of carbonyl (C=O) groups excluding carboxylic acids is 1. The van der Waals surface area contributed by atoms with E-state index in [0.717, 1.165) is 42.0 Å². The second-order valence-electron chi connectivity index (χ2n) is 8.93. The molecule has 1 aromatic carbocycles. The van der Waals surface area contributed by atoms with Crippen molar-refractivity contribution in [3.63, 3.8) is 0 Å². The third-order valence-electron chi connectivity index (χ3n) is 6.21. The van der Waals surface area contributed by atoms with Gasteiger partial charge in [-0.1, -0.05) is 39.8 Å². The predicted octanol–water partition coefficient (Wildman–Crippen LogP) is 6.23. The number of rotatable bonds is 8. The zero-order chi connectivity index (χ0) is 21.7. The molecule has 160 valence electrons. The second-order valence-corrected chi connectivity index (χ2v) is 10.0. The number of fused-ring (bicyclic) bond motifs is 1. The largest absolute Gasteiger partial charge is 0.494 e. The maximum absolute atomic E-state index is 12.4. The number of hydrogen-bond donors (Lipinski definition) is 1. The van der Waals surface area contributed by atoms with Gasteiger partial charge in [-0.15, -0.1) is 11.3 Å². The molecule has 0 radical (unpaired) electrons. The number of hydrogen-bond acceptors (Lipinski definition) is 4. The summed E-state index contributed by atoms with van der Waals surface area (Å²) in [5, 5.41) is 13.2. The summed E-state index contributed by atoms with van der Waals surface area (Å²) in [6.45, 7) is 9.41. The van der Waals surface area contributed by atoms with E-state index < -0.39 is 0 Å². The van der Waals surface area contributed by atoms with Crippen LogP contribution in [0.2, 0.25) is 0 Å². The van der Waals surface area contributed by atoms with Crippen molar-refractivity contribution in [1.29, 1.82) is 5.26 Å². The van der Waals surface area contributed by atoms with Gasteiger partial charge in [0, 0.05) is 11.3 Å². The van der Waals surface area contributed by atoms with E-state index in [0.29, 0.717) is 30.9 Å². The van der Waals surface area contributed by atoms with Gasteiger partial charge in [-0.05, 0) is 66.7 Å². The highest BCUT2D eigenvalue weighted by atomic mass is 32.1. The average molecular weight is 425 g/mol. The van der Waals surface area contributed by atoms with Crippen LogP contribution in [0.3, 0.4) is 0 Å². The van der Waals surface area contributed by atoms with Crippen LogP contribution in [-0.2, 0) is 23.1 Å². The summed E-state index contributed by atoms with van der Waals surface area (Å²) in [5.41, 5.74) is 3.28. The van der Waals surface area contributed by atoms with Gasteiger partial charge in [0.2, 0.25) is 5.91 Å².